The van der Waals surface area contributed by atoms with Gasteiger partial charge in [0.25, 0.3) is 0 Å². The SMILES string of the molecule is Cc1nc(-c2cc(-c3cccc(S(=O)N(C)C)c3)ccc2-n2cc(C(F)(F)F)nc2C)c(-c2ccc(OC(F)F)cc2)o1. The second kappa shape index (κ2) is 11.7. The summed E-state index contributed by atoms with van der Waals surface area (Å²) in [5.74, 6) is 0.592. The maximum atomic E-state index is 13.6. The van der Waals surface area contributed by atoms with E-state index in [2.05, 4.69) is 14.7 Å². The predicted molar refractivity (Wildman–Crippen MR) is 151 cm³/mol. The van der Waals surface area contributed by atoms with Crippen molar-refractivity contribution in [1.82, 2.24) is 18.8 Å². The minimum Gasteiger partial charge on any atom is -0.440 e. The molecule has 0 aliphatic rings. The number of aryl methyl sites for hydroxylation is 2. The van der Waals surface area contributed by atoms with E-state index < -0.39 is 29.5 Å². The van der Waals surface area contributed by atoms with Crippen molar-refractivity contribution in [3.8, 4) is 45.1 Å². The van der Waals surface area contributed by atoms with E-state index in [0.717, 1.165) is 6.20 Å². The Kier molecular flexibility index (Phi) is 8.21. The minimum absolute atomic E-state index is 0.0528. The molecule has 7 nitrogen and oxygen atoms in total. The molecule has 2 heterocycles. The van der Waals surface area contributed by atoms with E-state index in [-0.39, 0.29) is 23.2 Å². The van der Waals surface area contributed by atoms with Crippen molar-refractivity contribution in [3.63, 3.8) is 0 Å². The van der Waals surface area contributed by atoms with Crippen LogP contribution in [0.3, 0.4) is 0 Å². The van der Waals surface area contributed by atoms with E-state index in [1.165, 1.54) is 35.8 Å². The molecule has 0 bridgehead atoms. The van der Waals surface area contributed by atoms with Gasteiger partial charge in [-0.3, -0.25) is 0 Å². The largest absolute Gasteiger partial charge is 0.440 e. The third-order valence-corrected chi connectivity index (χ3v) is 7.78. The zero-order valence-electron chi connectivity index (χ0n) is 23.3. The quantitative estimate of drug-likeness (QED) is 0.167. The Morgan fingerprint density at radius 1 is 0.930 bits per heavy atom. The number of aromatic nitrogens is 3. The Balaban J connectivity index is 1.71. The minimum atomic E-state index is -4.66. The first-order valence-corrected chi connectivity index (χ1v) is 13.9. The van der Waals surface area contributed by atoms with Crippen LogP contribution in [0.25, 0.3) is 39.4 Å². The van der Waals surface area contributed by atoms with Gasteiger partial charge in [0.15, 0.2) is 17.3 Å². The Bertz CT molecular complexity index is 1800. The summed E-state index contributed by atoms with van der Waals surface area (Å²) in [5, 5.41) is 0. The molecule has 5 aromatic rings. The fourth-order valence-electron chi connectivity index (χ4n) is 4.56. The molecule has 13 heteroatoms. The highest BCUT2D eigenvalue weighted by Gasteiger charge is 2.35. The van der Waals surface area contributed by atoms with Crippen LogP contribution in [0, 0.1) is 13.8 Å². The lowest BCUT2D eigenvalue weighted by atomic mass is 9.98. The molecule has 0 aliphatic carbocycles. The van der Waals surface area contributed by atoms with Crippen molar-refractivity contribution < 1.29 is 35.3 Å². The first-order chi connectivity index (χ1) is 20.3. The Hall–Kier alpha value is -4.36. The molecule has 0 radical (unpaired) electrons. The van der Waals surface area contributed by atoms with Crippen LogP contribution in [0.1, 0.15) is 17.4 Å². The average Bonchev–Trinajstić information content (AvgIpc) is 3.55. The number of nitrogens with zero attached hydrogens (tertiary/aromatic N) is 4. The van der Waals surface area contributed by atoms with E-state index in [1.54, 1.807) is 61.7 Å². The topological polar surface area (TPSA) is 73.4 Å². The number of alkyl halides is 5. The number of rotatable bonds is 8. The van der Waals surface area contributed by atoms with Gasteiger partial charge in [0.05, 0.1) is 10.6 Å². The highest BCUT2D eigenvalue weighted by Crippen LogP contribution is 2.40. The van der Waals surface area contributed by atoms with Crippen molar-refractivity contribution in [3.05, 3.63) is 90.3 Å². The molecular formula is C30H25F5N4O3S. The highest BCUT2D eigenvalue weighted by molar-refractivity contribution is 7.82. The third-order valence-electron chi connectivity index (χ3n) is 6.46. The van der Waals surface area contributed by atoms with Crippen LogP contribution in [0.5, 0.6) is 5.75 Å². The molecule has 0 aliphatic heterocycles. The standard InChI is InChI=1S/C30H25F5N4O3S/c1-17-36-26(30(33,34)35)16-39(17)25-13-10-21(20-6-5-7-23(14-20)43(40)38(3)4)15-24(25)27-28(41-18(2)37-27)19-8-11-22(12-9-19)42-29(31)32/h5-16,29H,1-4H3. The number of hydrogen-bond acceptors (Lipinski definition) is 5. The molecule has 1 atom stereocenters. The number of hydrogen-bond donors (Lipinski definition) is 0. The number of imidazole rings is 1. The summed E-state index contributed by atoms with van der Waals surface area (Å²) < 4.78 is 92.1. The smallest absolute Gasteiger partial charge is 0.434 e. The summed E-state index contributed by atoms with van der Waals surface area (Å²) in [6.45, 7) is 0.0894. The molecule has 2 aromatic heterocycles. The molecule has 0 fully saturated rings. The summed E-state index contributed by atoms with van der Waals surface area (Å²) in [7, 11) is 1.98. The summed E-state index contributed by atoms with van der Waals surface area (Å²) in [5.41, 5.74) is 1.91. The van der Waals surface area contributed by atoms with E-state index in [4.69, 9.17) is 4.42 Å². The number of oxazole rings is 1. The fourth-order valence-corrected chi connectivity index (χ4v) is 5.40. The molecular weight excluding hydrogens is 591 g/mol. The van der Waals surface area contributed by atoms with Gasteiger partial charge < -0.3 is 13.7 Å². The van der Waals surface area contributed by atoms with Crippen molar-refractivity contribution in [2.75, 3.05) is 14.1 Å². The van der Waals surface area contributed by atoms with Crippen LogP contribution in [-0.4, -0.2) is 43.8 Å². The molecule has 0 spiro atoms. The Morgan fingerprint density at radius 3 is 2.23 bits per heavy atom. The maximum Gasteiger partial charge on any atom is 0.434 e. The first-order valence-electron chi connectivity index (χ1n) is 12.8. The molecule has 0 amide bonds. The number of halogens is 5. The zero-order chi connectivity index (χ0) is 31.1. The van der Waals surface area contributed by atoms with Crippen LogP contribution in [0.2, 0.25) is 0 Å². The van der Waals surface area contributed by atoms with Gasteiger partial charge in [-0.25, -0.2) is 18.5 Å². The molecule has 224 valence electrons. The summed E-state index contributed by atoms with van der Waals surface area (Å²) in [4.78, 5) is 8.86. The van der Waals surface area contributed by atoms with Gasteiger partial charge in [-0.2, -0.15) is 22.0 Å². The fraction of sp³-hybridized carbons (Fsp3) is 0.200. The van der Waals surface area contributed by atoms with E-state index >= 15 is 0 Å². The maximum absolute atomic E-state index is 13.6. The van der Waals surface area contributed by atoms with Gasteiger partial charge in [0.2, 0.25) is 0 Å². The third kappa shape index (κ3) is 6.37. The monoisotopic (exact) mass is 616 g/mol. The van der Waals surface area contributed by atoms with Gasteiger partial charge in [-0.05, 0) is 80.7 Å². The van der Waals surface area contributed by atoms with E-state index in [9.17, 15) is 26.2 Å². The summed E-state index contributed by atoms with van der Waals surface area (Å²) in [6.07, 6.45) is -3.74. The number of ether oxygens (including phenoxy) is 1. The first kappa shape index (κ1) is 30.1. The molecule has 1 unspecified atom stereocenters. The zero-order valence-corrected chi connectivity index (χ0v) is 24.1. The van der Waals surface area contributed by atoms with Crippen LogP contribution in [0.4, 0.5) is 22.0 Å². The molecule has 0 N–H and O–H groups in total. The van der Waals surface area contributed by atoms with Gasteiger partial charge in [0, 0.05) is 24.2 Å². The lowest BCUT2D eigenvalue weighted by Gasteiger charge is -2.15. The van der Waals surface area contributed by atoms with Crippen molar-refractivity contribution in [1.29, 1.82) is 0 Å². The normalized spacial score (nSPS) is 12.7. The average molecular weight is 617 g/mol. The second-order valence-electron chi connectivity index (χ2n) is 9.68. The van der Waals surface area contributed by atoms with Crippen LogP contribution >= 0.6 is 0 Å². The second-order valence-corrected chi connectivity index (χ2v) is 11.4. The summed E-state index contributed by atoms with van der Waals surface area (Å²) in [6, 6.07) is 18.0. The molecule has 0 saturated heterocycles. The molecule has 5 rings (SSSR count). The van der Waals surface area contributed by atoms with Crippen LogP contribution in [-0.2, 0) is 17.2 Å². The van der Waals surface area contributed by atoms with Crippen molar-refractivity contribution >= 4 is 11.0 Å². The predicted octanol–water partition coefficient (Wildman–Crippen LogP) is 7.68. The van der Waals surface area contributed by atoms with E-state index in [1.807, 2.05) is 6.07 Å². The van der Waals surface area contributed by atoms with Gasteiger partial charge in [-0.1, -0.05) is 18.2 Å². The highest BCUT2D eigenvalue weighted by atomic mass is 32.2. The van der Waals surface area contributed by atoms with E-state index in [0.29, 0.717) is 38.5 Å². The number of benzene rings is 3. The molecule has 3 aromatic carbocycles. The van der Waals surface area contributed by atoms with Crippen LogP contribution in [0.15, 0.2) is 82.2 Å². The van der Waals surface area contributed by atoms with Crippen molar-refractivity contribution in [2.24, 2.45) is 0 Å². The molecule has 0 saturated carbocycles. The van der Waals surface area contributed by atoms with Crippen molar-refractivity contribution in [2.45, 2.75) is 31.5 Å². The van der Waals surface area contributed by atoms with Crippen LogP contribution < -0.4 is 4.74 Å². The Labute approximate surface area is 246 Å². The van der Waals surface area contributed by atoms with Gasteiger partial charge in [0.1, 0.15) is 28.3 Å². The molecule has 43 heavy (non-hydrogen) atoms. The lowest BCUT2D eigenvalue weighted by molar-refractivity contribution is -0.141. The van der Waals surface area contributed by atoms with Gasteiger partial charge in [-0.15, -0.1) is 0 Å². The Morgan fingerprint density at radius 2 is 1.60 bits per heavy atom. The summed E-state index contributed by atoms with van der Waals surface area (Å²) >= 11 is 0. The lowest BCUT2D eigenvalue weighted by Crippen LogP contribution is -2.15. The van der Waals surface area contributed by atoms with Gasteiger partial charge >= 0.3 is 12.8 Å².